The van der Waals surface area contributed by atoms with Gasteiger partial charge in [0.25, 0.3) is 0 Å². The van der Waals surface area contributed by atoms with Crippen LogP contribution >= 0.6 is 0 Å². The Balaban J connectivity index is 2.68. The van der Waals surface area contributed by atoms with Gasteiger partial charge in [0.1, 0.15) is 5.75 Å². The van der Waals surface area contributed by atoms with Gasteiger partial charge in [-0.05, 0) is 18.9 Å². The highest BCUT2D eigenvalue weighted by Crippen LogP contribution is 2.25. The highest BCUT2D eigenvalue weighted by Gasteiger charge is 2.09. The summed E-state index contributed by atoms with van der Waals surface area (Å²) in [6.45, 7) is 5.74. The summed E-state index contributed by atoms with van der Waals surface area (Å²) >= 11 is 0. The van der Waals surface area contributed by atoms with Crippen molar-refractivity contribution in [1.82, 2.24) is 5.32 Å². The van der Waals surface area contributed by atoms with Gasteiger partial charge in [0.15, 0.2) is 0 Å². The van der Waals surface area contributed by atoms with Gasteiger partial charge in [0.05, 0.1) is 13.2 Å². The van der Waals surface area contributed by atoms with Crippen molar-refractivity contribution >= 4 is 17.3 Å². The molecule has 20 heavy (non-hydrogen) atoms. The van der Waals surface area contributed by atoms with Crippen molar-refractivity contribution in [3.63, 3.8) is 0 Å². The highest BCUT2D eigenvalue weighted by molar-refractivity contribution is 5.81. The summed E-state index contributed by atoms with van der Waals surface area (Å²) in [4.78, 5) is 13.6. The number of benzene rings is 1. The normalized spacial score (nSPS) is 10.2. The van der Waals surface area contributed by atoms with Crippen LogP contribution in [0.5, 0.6) is 5.75 Å². The van der Waals surface area contributed by atoms with Crippen LogP contribution in [0.25, 0.3) is 0 Å². The van der Waals surface area contributed by atoms with E-state index in [1.54, 1.807) is 6.07 Å². The number of rotatable bonds is 8. The summed E-state index contributed by atoms with van der Waals surface area (Å²) in [5.41, 5.74) is 7.38. The zero-order valence-electron chi connectivity index (χ0n) is 12.6. The number of nitrogens with zero attached hydrogens (tertiary/aromatic N) is 1. The van der Waals surface area contributed by atoms with E-state index in [1.165, 1.54) is 0 Å². The molecule has 0 aromatic heterocycles. The standard InChI is InChI=1S/C15H25N3O2/c1-4-6-17-15(19)11-18(3)13-8-12(16)9-14(10-13)20-7-5-2/h8-10H,4-7,11,16H2,1-3H3,(H,17,19). The van der Waals surface area contributed by atoms with Gasteiger partial charge in [-0.25, -0.2) is 0 Å². The lowest BCUT2D eigenvalue weighted by Crippen LogP contribution is -2.35. The number of ether oxygens (including phenoxy) is 1. The monoisotopic (exact) mass is 279 g/mol. The first-order valence-corrected chi connectivity index (χ1v) is 7.08. The molecule has 0 aliphatic carbocycles. The van der Waals surface area contributed by atoms with E-state index in [0.29, 0.717) is 25.4 Å². The number of carbonyl (C=O) groups excluding carboxylic acids is 1. The molecule has 5 nitrogen and oxygen atoms in total. The van der Waals surface area contributed by atoms with Gasteiger partial charge < -0.3 is 20.7 Å². The Morgan fingerprint density at radius 1 is 1.30 bits per heavy atom. The second kappa shape index (κ2) is 8.30. The van der Waals surface area contributed by atoms with Crippen LogP contribution in [0.1, 0.15) is 26.7 Å². The molecule has 0 saturated carbocycles. The Labute approximate surface area is 121 Å². The molecule has 0 saturated heterocycles. The number of carbonyl (C=O) groups is 1. The number of anilines is 2. The summed E-state index contributed by atoms with van der Waals surface area (Å²) in [6.07, 6.45) is 1.88. The molecule has 1 aromatic rings. The molecule has 0 fully saturated rings. The van der Waals surface area contributed by atoms with Gasteiger partial charge in [0, 0.05) is 37.1 Å². The van der Waals surface area contributed by atoms with Crippen LogP contribution in [0, 0.1) is 0 Å². The molecule has 0 aliphatic rings. The summed E-state index contributed by atoms with van der Waals surface area (Å²) in [7, 11) is 1.86. The fourth-order valence-electron chi connectivity index (χ4n) is 1.76. The van der Waals surface area contributed by atoms with Gasteiger partial charge in [-0.2, -0.15) is 0 Å². The lowest BCUT2D eigenvalue weighted by atomic mass is 10.2. The van der Waals surface area contributed by atoms with Crippen LogP contribution in [0.3, 0.4) is 0 Å². The lowest BCUT2D eigenvalue weighted by Gasteiger charge is -2.20. The molecule has 1 amide bonds. The molecule has 3 N–H and O–H groups in total. The molecule has 0 heterocycles. The summed E-state index contributed by atoms with van der Waals surface area (Å²) in [5, 5.41) is 2.85. The first-order chi connectivity index (χ1) is 9.56. The zero-order chi connectivity index (χ0) is 15.0. The maximum absolute atomic E-state index is 11.7. The maximum atomic E-state index is 11.7. The number of nitrogens with one attached hydrogen (secondary N) is 1. The van der Waals surface area contributed by atoms with Crippen LogP contribution in [-0.4, -0.2) is 32.7 Å². The van der Waals surface area contributed by atoms with Gasteiger partial charge in [-0.1, -0.05) is 13.8 Å². The maximum Gasteiger partial charge on any atom is 0.239 e. The Bertz CT molecular complexity index is 435. The molecule has 0 radical (unpaired) electrons. The van der Waals surface area contributed by atoms with E-state index in [1.807, 2.05) is 31.0 Å². The summed E-state index contributed by atoms with van der Waals surface area (Å²) in [5.74, 6) is 0.746. The molecule has 0 spiro atoms. The van der Waals surface area contributed by atoms with E-state index in [0.717, 1.165) is 24.3 Å². The minimum atomic E-state index is 0.00722. The fourth-order valence-corrected chi connectivity index (χ4v) is 1.76. The molecular weight excluding hydrogens is 254 g/mol. The number of likely N-dealkylation sites (N-methyl/N-ethyl adjacent to an activating group) is 1. The van der Waals surface area contributed by atoms with Gasteiger partial charge in [0.2, 0.25) is 5.91 Å². The number of nitrogens with two attached hydrogens (primary N) is 1. The third kappa shape index (κ3) is 5.38. The number of nitrogen functional groups attached to an aromatic ring is 1. The average Bonchev–Trinajstić information content (AvgIpc) is 2.42. The molecule has 0 unspecified atom stereocenters. The molecule has 1 aromatic carbocycles. The van der Waals surface area contributed by atoms with Crippen molar-refractivity contribution in [3.05, 3.63) is 18.2 Å². The van der Waals surface area contributed by atoms with Crippen molar-refractivity contribution in [2.24, 2.45) is 0 Å². The molecule has 1 rings (SSSR count). The number of hydrogen-bond donors (Lipinski definition) is 2. The molecule has 112 valence electrons. The molecular formula is C15H25N3O2. The van der Waals surface area contributed by atoms with Gasteiger partial charge in [-0.3, -0.25) is 4.79 Å². The fraction of sp³-hybridized carbons (Fsp3) is 0.533. The minimum absolute atomic E-state index is 0.00722. The van der Waals surface area contributed by atoms with E-state index in [-0.39, 0.29) is 5.91 Å². The lowest BCUT2D eigenvalue weighted by molar-refractivity contribution is -0.119. The number of hydrogen-bond acceptors (Lipinski definition) is 4. The van der Waals surface area contributed by atoms with Crippen molar-refractivity contribution in [2.75, 3.05) is 37.4 Å². The first kappa shape index (κ1) is 16.1. The summed E-state index contributed by atoms with van der Waals surface area (Å²) < 4.78 is 5.59. The largest absolute Gasteiger partial charge is 0.493 e. The van der Waals surface area contributed by atoms with E-state index in [9.17, 15) is 4.79 Å². The number of amides is 1. The first-order valence-electron chi connectivity index (χ1n) is 7.08. The summed E-state index contributed by atoms with van der Waals surface area (Å²) in [6, 6.07) is 5.54. The van der Waals surface area contributed by atoms with Gasteiger partial charge in [-0.15, -0.1) is 0 Å². The molecule has 0 bridgehead atoms. The van der Waals surface area contributed by atoms with E-state index < -0.39 is 0 Å². The Hall–Kier alpha value is -1.91. The second-order valence-electron chi connectivity index (χ2n) is 4.81. The van der Waals surface area contributed by atoms with Crippen molar-refractivity contribution in [2.45, 2.75) is 26.7 Å². The van der Waals surface area contributed by atoms with E-state index in [2.05, 4.69) is 12.2 Å². The Kier molecular flexibility index (Phi) is 6.70. The Morgan fingerprint density at radius 2 is 2.05 bits per heavy atom. The predicted molar refractivity (Wildman–Crippen MR) is 83.2 cm³/mol. The second-order valence-corrected chi connectivity index (χ2v) is 4.81. The topological polar surface area (TPSA) is 67.6 Å². The van der Waals surface area contributed by atoms with E-state index in [4.69, 9.17) is 10.5 Å². The van der Waals surface area contributed by atoms with Crippen molar-refractivity contribution < 1.29 is 9.53 Å². The zero-order valence-corrected chi connectivity index (χ0v) is 12.6. The van der Waals surface area contributed by atoms with Crippen LogP contribution in [-0.2, 0) is 4.79 Å². The molecule has 0 atom stereocenters. The quantitative estimate of drug-likeness (QED) is 0.714. The van der Waals surface area contributed by atoms with Crippen LogP contribution < -0.4 is 20.7 Å². The van der Waals surface area contributed by atoms with Crippen LogP contribution in [0.15, 0.2) is 18.2 Å². The van der Waals surface area contributed by atoms with Gasteiger partial charge >= 0.3 is 0 Å². The molecule has 5 heteroatoms. The Morgan fingerprint density at radius 3 is 2.70 bits per heavy atom. The van der Waals surface area contributed by atoms with Crippen LogP contribution in [0.4, 0.5) is 11.4 Å². The molecule has 0 aliphatic heterocycles. The third-order valence-corrected chi connectivity index (χ3v) is 2.78. The van der Waals surface area contributed by atoms with Crippen molar-refractivity contribution in [1.29, 1.82) is 0 Å². The SMILES string of the molecule is CCCNC(=O)CN(C)c1cc(N)cc(OCCC)c1. The van der Waals surface area contributed by atoms with Crippen LogP contribution in [0.2, 0.25) is 0 Å². The smallest absolute Gasteiger partial charge is 0.239 e. The minimum Gasteiger partial charge on any atom is -0.493 e. The predicted octanol–water partition coefficient (Wildman–Crippen LogP) is 2.02. The van der Waals surface area contributed by atoms with E-state index >= 15 is 0 Å². The highest BCUT2D eigenvalue weighted by atomic mass is 16.5. The van der Waals surface area contributed by atoms with Crippen molar-refractivity contribution in [3.8, 4) is 5.75 Å². The third-order valence-electron chi connectivity index (χ3n) is 2.78. The average molecular weight is 279 g/mol.